The minimum atomic E-state index is -0.116. The topological polar surface area (TPSA) is 23.3 Å². The Bertz CT molecular complexity index is 1200. The maximum absolute atomic E-state index is 12.1. The molecule has 150 valence electrons. The lowest BCUT2D eigenvalue weighted by Crippen LogP contribution is -2.26. The lowest BCUT2D eigenvalue weighted by atomic mass is 9.79. The van der Waals surface area contributed by atoms with E-state index in [1.54, 1.807) is 11.8 Å². The Morgan fingerprint density at radius 2 is 1.63 bits per heavy atom. The normalized spacial score (nSPS) is 15.3. The van der Waals surface area contributed by atoms with Gasteiger partial charge in [-0.1, -0.05) is 48.5 Å². The SMILES string of the molecule is CC(=O)N(C=CC=CC1=[N+](C)c2ccc3ccccc3c2C1(C)C)c1ccccc1. The molecule has 1 aliphatic rings. The van der Waals surface area contributed by atoms with Crippen LogP contribution in [0.1, 0.15) is 26.3 Å². The number of carbonyl (C=O) groups is 1. The number of fused-ring (bicyclic) bond motifs is 3. The molecule has 1 amide bonds. The Balaban J connectivity index is 1.65. The molecule has 3 aromatic rings. The van der Waals surface area contributed by atoms with Crippen molar-refractivity contribution in [2.24, 2.45) is 0 Å². The van der Waals surface area contributed by atoms with Gasteiger partial charge in [0.2, 0.25) is 11.6 Å². The molecular weight excluding hydrogens is 368 g/mol. The molecule has 0 unspecified atom stereocenters. The Morgan fingerprint density at radius 3 is 2.37 bits per heavy atom. The highest BCUT2D eigenvalue weighted by Crippen LogP contribution is 2.43. The van der Waals surface area contributed by atoms with Gasteiger partial charge in [0.15, 0.2) is 5.71 Å². The summed E-state index contributed by atoms with van der Waals surface area (Å²) in [5.74, 6) is -0.0179. The summed E-state index contributed by atoms with van der Waals surface area (Å²) in [5.41, 5.74) is 4.58. The van der Waals surface area contributed by atoms with E-state index in [2.05, 4.69) is 67.9 Å². The van der Waals surface area contributed by atoms with Crippen LogP contribution in [0.5, 0.6) is 0 Å². The number of hydrogen-bond acceptors (Lipinski definition) is 1. The highest BCUT2D eigenvalue weighted by atomic mass is 16.2. The van der Waals surface area contributed by atoms with Gasteiger partial charge in [-0.15, -0.1) is 0 Å². The van der Waals surface area contributed by atoms with E-state index in [-0.39, 0.29) is 11.3 Å². The monoisotopic (exact) mass is 395 g/mol. The van der Waals surface area contributed by atoms with Crippen molar-refractivity contribution < 1.29 is 9.37 Å². The lowest BCUT2D eigenvalue weighted by molar-refractivity contribution is -0.401. The first kappa shape index (κ1) is 19.8. The van der Waals surface area contributed by atoms with E-state index >= 15 is 0 Å². The Kier molecular flexibility index (Phi) is 5.13. The van der Waals surface area contributed by atoms with Gasteiger partial charge >= 0.3 is 0 Å². The Labute approximate surface area is 178 Å². The van der Waals surface area contributed by atoms with E-state index in [0.717, 1.165) is 5.69 Å². The number of nitrogens with zero attached hydrogens (tertiary/aromatic N) is 2. The molecule has 3 heteroatoms. The summed E-state index contributed by atoms with van der Waals surface area (Å²) < 4.78 is 2.27. The fourth-order valence-electron chi connectivity index (χ4n) is 4.44. The molecule has 0 fully saturated rings. The van der Waals surface area contributed by atoms with Gasteiger partial charge in [0.25, 0.3) is 0 Å². The van der Waals surface area contributed by atoms with Crippen LogP contribution in [0.15, 0.2) is 91.2 Å². The zero-order valence-electron chi connectivity index (χ0n) is 18.0. The quantitative estimate of drug-likeness (QED) is 0.394. The van der Waals surface area contributed by atoms with E-state index < -0.39 is 0 Å². The molecule has 1 heterocycles. The third-order valence-corrected chi connectivity index (χ3v) is 5.87. The summed E-state index contributed by atoms with van der Waals surface area (Å²) in [7, 11) is 2.12. The Morgan fingerprint density at radius 1 is 0.933 bits per heavy atom. The summed E-state index contributed by atoms with van der Waals surface area (Å²) in [4.78, 5) is 13.7. The standard InChI is InChI=1S/C27H27N2O/c1-20(30)29(22-13-6-5-7-14-22)19-11-10-16-25-27(2,3)26-23-15-9-8-12-21(23)17-18-24(26)28(25)4/h5-19H,1-4H3/q+1. The molecule has 0 radical (unpaired) electrons. The van der Waals surface area contributed by atoms with Crippen molar-refractivity contribution in [3.05, 3.63) is 96.7 Å². The van der Waals surface area contributed by atoms with Crippen LogP contribution in [0, 0.1) is 0 Å². The lowest BCUT2D eigenvalue weighted by Gasteiger charge is -2.17. The fraction of sp³-hybridized carbons (Fsp3) is 0.185. The molecule has 0 N–H and O–H groups in total. The first-order valence-electron chi connectivity index (χ1n) is 10.2. The summed E-state index contributed by atoms with van der Waals surface area (Å²) >= 11 is 0. The molecule has 0 aromatic heterocycles. The van der Waals surface area contributed by atoms with Gasteiger partial charge < -0.3 is 0 Å². The van der Waals surface area contributed by atoms with Gasteiger partial charge in [0.1, 0.15) is 7.05 Å². The highest BCUT2D eigenvalue weighted by Gasteiger charge is 2.43. The second-order valence-corrected chi connectivity index (χ2v) is 8.18. The average Bonchev–Trinajstić information content (AvgIpc) is 2.94. The minimum absolute atomic E-state index is 0.0179. The first-order chi connectivity index (χ1) is 14.4. The number of rotatable bonds is 4. The van der Waals surface area contributed by atoms with Crippen LogP contribution < -0.4 is 4.90 Å². The van der Waals surface area contributed by atoms with Crippen LogP contribution in [-0.2, 0) is 10.2 Å². The predicted molar refractivity (Wildman–Crippen MR) is 126 cm³/mol. The van der Waals surface area contributed by atoms with Crippen molar-refractivity contribution in [2.75, 3.05) is 11.9 Å². The number of para-hydroxylation sites is 1. The molecule has 3 aromatic carbocycles. The van der Waals surface area contributed by atoms with Crippen LogP contribution in [0.3, 0.4) is 0 Å². The molecule has 4 rings (SSSR count). The van der Waals surface area contributed by atoms with Crippen LogP contribution >= 0.6 is 0 Å². The molecule has 0 atom stereocenters. The first-order valence-corrected chi connectivity index (χ1v) is 10.2. The van der Waals surface area contributed by atoms with E-state index in [1.165, 1.54) is 27.7 Å². The summed E-state index contributed by atoms with van der Waals surface area (Å²) in [6, 6.07) is 22.6. The number of benzene rings is 3. The van der Waals surface area contributed by atoms with Crippen molar-refractivity contribution in [3.8, 4) is 0 Å². The van der Waals surface area contributed by atoms with E-state index in [0.29, 0.717) is 0 Å². The van der Waals surface area contributed by atoms with Crippen molar-refractivity contribution in [2.45, 2.75) is 26.2 Å². The summed E-state index contributed by atoms with van der Waals surface area (Å²) in [6.07, 6.45) is 7.90. The predicted octanol–water partition coefficient (Wildman–Crippen LogP) is 5.97. The molecule has 0 aliphatic carbocycles. The molecule has 3 nitrogen and oxygen atoms in total. The number of amides is 1. The number of hydrogen-bond donors (Lipinski definition) is 0. The summed E-state index contributed by atoms with van der Waals surface area (Å²) in [5, 5.41) is 2.57. The van der Waals surface area contributed by atoms with Crippen LogP contribution in [-0.4, -0.2) is 23.2 Å². The number of allylic oxidation sites excluding steroid dienone is 3. The van der Waals surface area contributed by atoms with Gasteiger partial charge in [0.05, 0.1) is 5.41 Å². The van der Waals surface area contributed by atoms with E-state index in [4.69, 9.17) is 0 Å². The van der Waals surface area contributed by atoms with Crippen molar-refractivity contribution in [1.29, 1.82) is 0 Å². The molecular formula is C27H27N2O+. The molecule has 0 saturated heterocycles. The van der Waals surface area contributed by atoms with Crippen molar-refractivity contribution in [3.63, 3.8) is 0 Å². The molecule has 0 spiro atoms. The zero-order chi connectivity index (χ0) is 21.3. The van der Waals surface area contributed by atoms with Crippen molar-refractivity contribution in [1.82, 2.24) is 0 Å². The van der Waals surface area contributed by atoms with Gasteiger partial charge in [-0.05, 0) is 48.9 Å². The van der Waals surface area contributed by atoms with Gasteiger partial charge in [-0.3, -0.25) is 9.69 Å². The van der Waals surface area contributed by atoms with Gasteiger partial charge in [-0.2, -0.15) is 4.58 Å². The number of anilines is 1. The maximum atomic E-state index is 12.1. The second-order valence-electron chi connectivity index (χ2n) is 8.18. The highest BCUT2D eigenvalue weighted by molar-refractivity contribution is 6.07. The average molecular weight is 396 g/mol. The van der Waals surface area contributed by atoms with E-state index in [9.17, 15) is 4.79 Å². The van der Waals surface area contributed by atoms with Crippen LogP contribution in [0.4, 0.5) is 11.4 Å². The Hall–Kier alpha value is -3.46. The second kappa shape index (κ2) is 7.75. The largest absolute Gasteiger partial charge is 0.288 e. The van der Waals surface area contributed by atoms with Crippen LogP contribution in [0.25, 0.3) is 10.8 Å². The minimum Gasteiger partial charge on any atom is -0.288 e. The molecule has 0 bridgehead atoms. The van der Waals surface area contributed by atoms with E-state index in [1.807, 2.05) is 48.7 Å². The molecule has 1 aliphatic heterocycles. The fourth-order valence-corrected chi connectivity index (χ4v) is 4.44. The zero-order valence-corrected chi connectivity index (χ0v) is 18.0. The third kappa shape index (κ3) is 3.37. The third-order valence-electron chi connectivity index (χ3n) is 5.87. The maximum Gasteiger partial charge on any atom is 0.227 e. The summed E-state index contributed by atoms with van der Waals surface area (Å²) in [6.45, 7) is 6.12. The smallest absolute Gasteiger partial charge is 0.227 e. The van der Waals surface area contributed by atoms with Crippen molar-refractivity contribution >= 4 is 33.8 Å². The van der Waals surface area contributed by atoms with Crippen LogP contribution in [0.2, 0.25) is 0 Å². The molecule has 30 heavy (non-hydrogen) atoms. The van der Waals surface area contributed by atoms with Gasteiger partial charge in [0, 0.05) is 36.5 Å². The molecule has 0 saturated carbocycles. The number of carbonyl (C=O) groups excluding carboxylic acids is 1. The van der Waals surface area contributed by atoms with Gasteiger partial charge in [-0.25, -0.2) is 0 Å².